The van der Waals surface area contributed by atoms with E-state index in [2.05, 4.69) is 191 Å². The van der Waals surface area contributed by atoms with E-state index in [4.69, 9.17) is 4.42 Å². The third kappa shape index (κ3) is 4.75. The van der Waals surface area contributed by atoms with Crippen molar-refractivity contribution < 1.29 is 4.42 Å². The SMILES string of the molecule is c1ccc(-c2ccc(N(c3ccc(-c4cccc(-n5c6cccc7ccc8cccc5c8c76)c4)cc3)c3ccc4c(c3)oc3ccccc34)cc2)cc1. The van der Waals surface area contributed by atoms with E-state index < -0.39 is 0 Å². The Kier molecular flexibility index (Phi) is 6.55. The molecule has 9 aromatic carbocycles. The Morgan fingerprint density at radius 1 is 0.358 bits per heavy atom. The Morgan fingerprint density at radius 3 is 1.60 bits per heavy atom. The molecule has 0 aliphatic rings. The van der Waals surface area contributed by atoms with E-state index in [9.17, 15) is 0 Å². The average Bonchev–Trinajstić information content (AvgIpc) is 3.77. The fraction of sp³-hybridized carbons (Fsp3) is 0. The van der Waals surface area contributed by atoms with Crippen LogP contribution in [0.25, 0.3) is 82.5 Å². The zero-order valence-electron chi connectivity index (χ0n) is 28.8. The number of nitrogens with zero attached hydrogens (tertiary/aromatic N) is 2. The monoisotopic (exact) mass is 676 g/mol. The molecule has 0 saturated carbocycles. The second-order valence-corrected chi connectivity index (χ2v) is 13.8. The van der Waals surface area contributed by atoms with E-state index in [1.807, 2.05) is 12.1 Å². The largest absolute Gasteiger partial charge is 0.456 e. The molecule has 0 spiro atoms. The first kappa shape index (κ1) is 29.6. The number of rotatable bonds is 6. The van der Waals surface area contributed by atoms with Crippen LogP contribution in [0, 0.1) is 0 Å². The van der Waals surface area contributed by atoms with E-state index in [0.29, 0.717) is 0 Å². The van der Waals surface area contributed by atoms with Crippen molar-refractivity contribution in [3.63, 3.8) is 0 Å². The van der Waals surface area contributed by atoms with Gasteiger partial charge in [0.15, 0.2) is 0 Å². The van der Waals surface area contributed by atoms with Crippen LogP contribution < -0.4 is 4.90 Å². The Balaban J connectivity index is 1.01. The summed E-state index contributed by atoms with van der Waals surface area (Å²) in [6.07, 6.45) is 0. The van der Waals surface area contributed by atoms with Crippen molar-refractivity contribution in [3.05, 3.63) is 194 Å². The molecule has 0 unspecified atom stereocenters. The lowest BCUT2D eigenvalue weighted by Gasteiger charge is -2.26. The minimum atomic E-state index is 0.874. The number of para-hydroxylation sites is 1. The van der Waals surface area contributed by atoms with Crippen LogP contribution in [0.2, 0.25) is 0 Å². The molecule has 0 amide bonds. The van der Waals surface area contributed by atoms with Crippen LogP contribution in [-0.2, 0) is 0 Å². The smallest absolute Gasteiger partial charge is 0.137 e. The molecule has 0 aliphatic carbocycles. The van der Waals surface area contributed by atoms with Crippen LogP contribution in [0.15, 0.2) is 199 Å². The van der Waals surface area contributed by atoms with Crippen molar-refractivity contribution in [2.45, 2.75) is 0 Å². The highest BCUT2D eigenvalue weighted by molar-refractivity contribution is 6.24. The van der Waals surface area contributed by atoms with Gasteiger partial charge in [0.05, 0.1) is 11.0 Å². The number of fused-ring (bicyclic) bond motifs is 3. The summed E-state index contributed by atoms with van der Waals surface area (Å²) >= 11 is 0. The van der Waals surface area contributed by atoms with E-state index >= 15 is 0 Å². The lowest BCUT2D eigenvalue weighted by Crippen LogP contribution is -2.09. The van der Waals surface area contributed by atoms with E-state index in [1.165, 1.54) is 49.3 Å². The molecule has 2 heterocycles. The molecule has 0 fully saturated rings. The topological polar surface area (TPSA) is 21.3 Å². The first-order valence-electron chi connectivity index (χ1n) is 18.1. The third-order valence-electron chi connectivity index (χ3n) is 10.7. The molecule has 3 heteroatoms. The van der Waals surface area contributed by atoms with Crippen molar-refractivity contribution in [3.8, 4) is 27.9 Å². The fourth-order valence-electron chi connectivity index (χ4n) is 8.26. The molecule has 11 rings (SSSR count). The predicted molar refractivity (Wildman–Crippen MR) is 222 cm³/mol. The highest BCUT2D eigenvalue weighted by Crippen LogP contribution is 2.41. The van der Waals surface area contributed by atoms with Gasteiger partial charge in [-0.25, -0.2) is 0 Å². The number of aromatic nitrogens is 1. The van der Waals surface area contributed by atoms with Gasteiger partial charge in [0.25, 0.3) is 0 Å². The lowest BCUT2D eigenvalue weighted by atomic mass is 10.0. The highest BCUT2D eigenvalue weighted by Gasteiger charge is 2.18. The summed E-state index contributed by atoms with van der Waals surface area (Å²) in [4.78, 5) is 2.31. The number of hydrogen-bond acceptors (Lipinski definition) is 2. The summed E-state index contributed by atoms with van der Waals surface area (Å²) in [6, 6.07) is 69.7. The zero-order valence-corrected chi connectivity index (χ0v) is 28.8. The quantitative estimate of drug-likeness (QED) is 0.164. The van der Waals surface area contributed by atoms with Crippen LogP contribution in [0.3, 0.4) is 0 Å². The van der Waals surface area contributed by atoms with Gasteiger partial charge in [-0.2, -0.15) is 0 Å². The number of anilines is 3. The summed E-state index contributed by atoms with van der Waals surface area (Å²) < 4.78 is 8.76. The summed E-state index contributed by atoms with van der Waals surface area (Å²) in [5, 5.41) is 7.45. The molecule has 0 N–H and O–H groups in total. The molecular formula is C50H32N2O. The maximum absolute atomic E-state index is 6.35. The van der Waals surface area contributed by atoms with Crippen LogP contribution in [0.5, 0.6) is 0 Å². The second kappa shape index (κ2) is 11.7. The van der Waals surface area contributed by atoms with Gasteiger partial charge < -0.3 is 13.9 Å². The Labute approximate surface area is 306 Å². The standard InChI is InChI=1S/C50H32N2O/c1-2-9-33(10-3-1)34-21-25-39(26-22-34)51(42-29-30-44-43-15-4-5-18-47(43)53-48(44)32-42)40-27-23-35(24-28-40)38-13-6-14-41(31-38)52-45-16-7-11-36-19-20-37-12-8-17-46(52)50(37)49(36)45/h1-32H. The maximum Gasteiger partial charge on any atom is 0.137 e. The van der Waals surface area contributed by atoms with Crippen molar-refractivity contribution >= 4 is 71.6 Å². The van der Waals surface area contributed by atoms with Gasteiger partial charge >= 0.3 is 0 Å². The molecular weight excluding hydrogens is 645 g/mol. The number of furan rings is 1. The molecule has 11 aromatic rings. The van der Waals surface area contributed by atoms with Gasteiger partial charge in [-0.1, -0.05) is 121 Å². The average molecular weight is 677 g/mol. The van der Waals surface area contributed by atoms with Crippen molar-refractivity contribution in [2.24, 2.45) is 0 Å². The molecule has 0 aliphatic heterocycles. The second-order valence-electron chi connectivity index (χ2n) is 13.8. The van der Waals surface area contributed by atoms with E-state index in [-0.39, 0.29) is 0 Å². The minimum absolute atomic E-state index is 0.874. The Bertz CT molecular complexity index is 3030. The van der Waals surface area contributed by atoms with Gasteiger partial charge in [-0.3, -0.25) is 0 Å². The number of benzene rings is 9. The lowest BCUT2D eigenvalue weighted by molar-refractivity contribution is 0.669. The maximum atomic E-state index is 6.35. The van der Waals surface area contributed by atoms with Gasteiger partial charge in [-0.05, 0) is 99.8 Å². The summed E-state index contributed by atoms with van der Waals surface area (Å²) in [7, 11) is 0. The van der Waals surface area contributed by atoms with Crippen LogP contribution in [-0.4, -0.2) is 4.57 Å². The van der Waals surface area contributed by atoms with Gasteiger partial charge in [-0.15, -0.1) is 0 Å². The third-order valence-corrected chi connectivity index (χ3v) is 10.7. The van der Waals surface area contributed by atoms with Crippen molar-refractivity contribution in [1.82, 2.24) is 4.57 Å². The molecule has 0 saturated heterocycles. The molecule has 3 nitrogen and oxygen atoms in total. The van der Waals surface area contributed by atoms with Crippen LogP contribution >= 0.6 is 0 Å². The summed E-state index contributed by atoms with van der Waals surface area (Å²) in [6.45, 7) is 0. The molecule has 2 aromatic heterocycles. The summed E-state index contributed by atoms with van der Waals surface area (Å²) in [5.74, 6) is 0. The molecule has 53 heavy (non-hydrogen) atoms. The summed E-state index contributed by atoms with van der Waals surface area (Å²) in [5.41, 5.74) is 13.3. The van der Waals surface area contributed by atoms with Crippen LogP contribution in [0.4, 0.5) is 17.1 Å². The normalized spacial score (nSPS) is 11.8. The Morgan fingerprint density at radius 2 is 0.906 bits per heavy atom. The van der Waals surface area contributed by atoms with Gasteiger partial charge in [0.1, 0.15) is 11.2 Å². The first-order valence-corrected chi connectivity index (χ1v) is 18.1. The van der Waals surface area contributed by atoms with Gasteiger partial charge in [0.2, 0.25) is 0 Å². The Hall–Kier alpha value is -7.10. The first-order chi connectivity index (χ1) is 26.3. The van der Waals surface area contributed by atoms with Gasteiger partial charge in [0, 0.05) is 50.4 Å². The zero-order chi connectivity index (χ0) is 34.9. The number of hydrogen-bond donors (Lipinski definition) is 0. The molecule has 0 atom stereocenters. The molecule has 0 radical (unpaired) electrons. The van der Waals surface area contributed by atoms with Crippen LogP contribution in [0.1, 0.15) is 0 Å². The fourth-order valence-corrected chi connectivity index (χ4v) is 8.26. The predicted octanol–water partition coefficient (Wildman–Crippen LogP) is 14.1. The highest BCUT2D eigenvalue weighted by atomic mass is 16.3. The molecule has 248 valence electrons. The van der Waals surface area contributed by atoms with E-state index in [0.717, 1.165) is 50.3 Å². The van der Waals surface area contributed by atoms with Crippen molar-refractivity contribution in [2.75, 3.05) is 4.90 Å². The molecule has 0 bridgehead atoms. The van der Waals surface area contributed by atoms with Crippen molar-refractivity contribution in [1.29, 1.82) is 0 Å². The minimum Gasteiger partial charge on any atom is -0.456 e. The van der Waals surface area contributed by atoms with E-state index in [1.54, 1.807) is 0 Å².